The molecule has 2 nitrogen and oxygen atoms in total. The lowest BCUT2D eigenvalue weighted by Gasteiger charge is -2.17. The van der Waals surface area contributed by atoms with E-state index in [1.54, 1.807) is 0 Å². The van der Waals surface area contributed by atoms with Gasteiger partial charge in [-0.2, -0.15) is 0 Å². The van der Waals surface area contributed by atoms with E-state index in [-0.39, 0.29) is 5.54 Å². The third-order valence-corrected chi connectivity index (χ3v) is 2.67. The molecule has 0 saturated heterocycles. The molecule has 3 heteroatoms. The molecule has 0 bridgehead atoms. The van der Waals surface area contributed by atoms with Gasteiger partial charge in [0.05, 0.1) is 0 Å². The molecule has 0 aromatic heterocycles. The molecule has 0 fully saturated rings. The van der Waals surface area contributed by atoms with Gasteiger partial charge in [-0.05, 0) is 50.9 Å². The molecule has 1 aromatic rings. The number of halogens is 1. The maximum Gasteiger partial charge on any atom is 0.0406 e. The fourth-order valence-corrected chi connectivity index (χ4v) is 1.63. The Labute approximate surface area is 103 Å². The molecule has 0 spiro atoms. The van der Waals surface area contributed by atoms with Gasteiger partial charge in [0.15, 0.2) is 0 Å². The fraction of sp³-hybridized carbons (Fsp3) is 0.538. The minimum Gasteiger partial charge on any atom is -0.326 e. The largest absolute Gasteiger partial charge is 0.326 e. The lowest BCUT2D eigenvalue weighted by Crippen LogP contribution is -2.32. The van der Waals surface area contributed by atoms with Crippen LogP contribution >= 0.6 is 11.6 Å². The van der Waals surface area contributed by atoms with E-state index in [1.165, 1.54) is 5.56 Å². The highest BCUT2D eigenvalue weighted by Crippen LogP contribution is 2.09. The summed E-state index contributed by atoms with van der Waals surface area (Å²) in [6.07, 6.45) is 2.15. The Kier molecular flexibility index (Phi) is 5.26. The molecule has 1 aromatic carbocycles. The molecule has 90 valence electrons. The highest BCUT2D eigenvalue weighted by atomic mass is 35.5. The molecule has 16 heavy (non-hydrogen) atoms. The molecular weight excluding hydrogens is 220 g/mol. The Balaban J connectivity index is 2.14. The second-order valence-corrected chi connectivity index (χ2v) is 5.33. The summed E-state index contributed by atoms with van der Waals surface area (Å²) in [4.78, 5) is 0. The lowest BCUT2D eigenvalue weighted by atomic mass is 10.0. The van der Waals surface area contributed by atoms with Crippen molar-refractivity contribution in [1.29, 1.82) is 0 Å². The van der Waals surface area contributed by atoms with Crippen molar-refractivity contribution in [3.05, 3.63) is 34.9 Å². The molecule has 0 saturated carbocycles. The zero-order chi connectivity index (χ0) is 12.0. The van der Waals surface area contributed by atoms with Crippen molar-refractivity contribution < 1.29 is 0 Å². The number of hydrogen-bond acceptors (Lipinski definition) is 2. The van der Waals surface area contributed by atoms with Crippen molar-refractivity contribution in [2.75, 3.05) is 6.54 Å². The van der Waals surface area contributed by atoms with Gasteiger partial charge in [0.2, 0.25) is 0 Å². The topological polar surface area (TPSA) is 38.0 Å². The summed E-state index contributed by atoms with van der Waals surface area (Å²) in [6.45, 7) is 6.02. The summed E-state index contributed by atoms with van der Waals surface area (Å²) < 4.78 is 0. The Bertz CT molecular complexity index is 301. The number of hydrogen-bond donors (Lipinski definition) is 2. The SMILES string of the molecule is CC(C)(N)CCCNCc1ccc(Cl)cc1. The van der Waals surface area contributed by atoms with Gasteiger partial charge in [0.1, 0.15) is 0 Å². The molecule has 0 aliphatic rings. The summed E-state index contributed by atoms with van der Waals surface area (Å²) in [5, 5.41) is 4.18. The van der Waals surface area contributed by atoms with Gasteiger partial charge in [-0.3, -0.25) is 0 Å². The van der Waals surface area contributed by atoms with Crippen LogP contribution < -0.4 is 11.1 Å². The monoisotopic (exact) mass is 240 g/mol. The normalized spacial score (nSPS) is 11.8. The first-order valence-electron chi connectivity index (χ1n) is 5.71. The van der Waals surface area contributed by atoms with Crippen LogP contribution in [0, 0.1) is 0 Å². The van der Waals surface area contributed by atoms with Crippen LogP contribution in [0.25, 0.3) is 0 Å². The van der Waals surface area contributed by atoms with Crippen LogP contribution in [0.4, 0.5) is 0 Å². The standard InChI is InChI=1S/C13H21ClN2/c1-13(2,15)8-3-9-16-10-11-4-6-12(14)7-5-11/h4-7,16H,3,8-10,15H2,1-2H3. The van der Waals surface area contributed by atoms with Crippen LogP contribution in [0.3, 0.4) is 0 Å². The Morgan fingerprint density at radius 2 is 1.88 bits per heavy atom. The first-order chi connectivity index (χ1) is 7.47. The van der Waals surface area contributed by atoms with E-state index in [4.69, 9.17) is 17.3 Å². The lowest BCUT2D eigenvalue weighted by molar-refractivity contribution is 0.448. The highest BCUT2D eigenvalue weighted by Gasteiger charge is 2.08. The van der Waals surface area contributed by atoms with Crippen LogP contribution in [0.5, 0.6) is 0 Å². The summed E-state index contributed by atoms with van der Waals surface area (Å²) in [6, 6.07) is 7.92. The molecule has 0 unspecified atom stereocenters. The van der Waals surface area contributed by atoms with Gasteiger partial charge in [-0.1, -0.05) is 23.7 Å². The van der Waals surface area contributed by atoms with E-state index in [1.807, 2.05) is 24.3 Å². The molecule has 1 rings (SSSR count). The van der Waals surface area contributed by atoms with Crippen LogP contribution in [-0.4, -0.2) is 12.1 Å². The van der Waals surface area contributed by atoms with Gasteiger partial charge in [0, 0.05) is 17.1 Å². The third-order valence-electron chi connectivity index (χ3n) is 2.42. The summed E-state index contributed by atoms with van der Waals surface area (Å²) in [7, 11) is 0. The van der Waals surface area contributed by atoms with E-state index in [0.29, 0.717) is 0 Å². The summed E-state index contributed by atoms with van der Waals surface area (Å²) >= 11 is 5.81. The van der Waals surface area contributed by atoms with E-state index in [2.05, 4.69) is 19.2 Å². The Morgan fingerprint density at radius 1 is 1.25 bits per heavy atom. The van der Waals surface area contributed by atoms with Gasteiger partial charge in [-0.15, -0.1) is 0 Å². The average molecular weight is 241 g/mol. The van der Waals surface area contributed by atoms with Crippen molar-refractivity contribution >= 4 is 11.6 Å². The number of nitrogens with two attached hydrogens (primary N) is 1. The average Bonchev–Trinajstić information content (AvgIpc) is 2.19. The van der Waals surface area contributed by atoms with Gasteiger partial charge in [-0.25, -0.2) is 0 Å². The molecule has 0 heterocycles. The van der Waals surface area contributed by atoms with E-state index in [9.17, 15) is 0 Å². The van der Waals surface area contributed by atoms with E-state index in [0.717, 1.165) is 31.0 Å². The molecule has 0 aliphatic heterocycles. The minimum atomic E-state index is -0.0536. The number of rotatable bonds is 6. The molecule has 0 amide bonds. The van der Waals surface area contributed by atoms with Crippen LogP contribution in [0.1, 0.15) is 32.3 Å². The van der Waals surface area contributed by atoms with Crippen LogP contribution in [0.15, 0.2) is 24.3 Å². The van der Waals surface area contributed by atoms with Gasteiger partial charge >= 0.3 is 0 Å². The number of nitrogens with one attached hydrogen (secondary N) is 1. The summed E-state index contributed by atoms with van der Waals surface area (Å²) in [5.41, 5.74) is 7.11. The van der Waals surface area contributed by atoms with Crippen molar-refractivity contribution in [3.63, 3.8) is 0 Å². The minimum absolute atomic E-state index is 0.0536. The first kappa shape index (κ1) is 13.5. The van der Waals surface area contributed by atoms with Crippen molar-refractivity contribution in [3.8, 4) is 0 Å². The van der Waals surface area contributed by atoms with Crippen LogP contribution in [-0.2, 0) is 6.54 Å². The highest BCUT2D eigenvalue weighted by molar-refractivity contribution is 6.30. The van der Waals surface area contributed by atoms with Crippen molar-refractivity contribution in [2.24, 2.45) is 5.73 Å². The predicted molar refractivity (Wildman–Crippen MR) is 70.7 cm³/mol. The predicted octanol–water partition coefficient (Wildman–Crippen LogP) is 2.95. The van der Waals surface area contributed by atoms with E-state index >= 15 is 0 Å². The second kappa shape index (κ2) is 6.24. The molecule has 0 atom stereocenters. The Morgan fingerprint density at radius 3 is 2.44 bits per heavy atom. The fourth-order valence-electron chi connectivity index (χ4n) is 1.50. The molecule has 0 aliphatic carbocycles. The second-order valence-electron chi connectivity index (χ2n) is 4.90. The smallest absolute Gasteiger partial charge is 0.0406 e. The molecular formula is C13H21ClN2. The Hall–Kier alpha value is -0.570. The molecule has 0 radical (unpaired) electrons. The maximum absolute atomic E-state index is 5.90. The maximum atomic E-state index is 5.90. The molecule has 3 N–H and O–H groups in total. The summed E-state index contributed by atoms with van der Waals surface area (Å²) in [5.74, 6) is 0. The first-order valence-corrected chi connectivity index (χ1v) is 6.09. The van der Waals surface area contributed by atoms with Gasteiger partial charge in [0.25, 0.3) is 0 Å². The van der Waals surface area contributed by atoms with Gasteiger partial charge < -0.3 is 11.1 Å². The third kappa shape index (κ3) is 6.11. The van der Waals surface area contributed by atoms with Crippen molar-refractivity contribution in [1.82, 2.24) is 5.32 Å². The van der Waals surface area contributed by atoms with Crippen LogP contribution in [0.2, 0.25) is 5.02 Å². The van der Waals surface area contributed by atoms with E-state index < -0.39 is 0 Å². The number of benzene rings is 1. The zero-order valence-electron chi connectivity index (χ0n) is 10.1. The van der Waals surface area contributed by atoms with Crippen molar-refractivity contribution in [2.45, 2.75) is 38.8 Å². The zero-order valence-corrected chi connectivity index (χ0v) is 10.8. The quantitative estimate of drug-likeness (QED) is 0.751.